The van der Waals surface area contributed by atoms with Crippen molar-refractivity contribution in [2.45, 2.75) is 6.92 Å². The number of halogens is 1. The Kier molecular flexibility index (Phi) is 2.35. The highest BCUT2D eigenvalue weighted by Crippen LogP contribution is 2.12. The molecule has 0 saturated carbocycles. The maximum Gasteiger partial charge on any atom is 0.377 e. The van der Waals surface area contributed by atoms with Gasteiger partial charge in [-0.2, -0.15) is 0 Å². The molecule has 0 aliphatic rings. The standard InChI is InChI=1S/C9H7FN4O2/c1-5-4-6(10)2-3-7(5)14-12-8(9(15)16)11-13-14/h2-4H,1H3,(H,15,16). The minimum atomic E-state index is -1.26. The van der Waals surface area contributed by atoms with Crippen LogP contribution in [0, 0.1) is 12.7 Å². The van der Waals surface area contributed by atoms with E-state index in [9.17, 15) is 9.18 Å². The average molecular weight is 222 g/mol. The highest BCUT2D eigenvalue weighted by molar-refractivity contribution is 5.82. The number of hydrogen-bond donors (Lipinski definition) is 1. The van der Waals surface area contributed by atoms with Gasteiger partial charge in [0.05, 0.1) is 5.69 Å². The molecule has 0 fully saturated rings. The second kappa shape index (κ2) is 3.69. The second-order valence-electron chi connectivity index (χ2n) is 3.14. The molecule has 7 heteroatoms. The summed E-state index contributed by atoms with van der Waals surface area (Å²) >= 11 is 0. The lowest BCUT2D eigenvalue weighted by Crippen LogP contribution is -2.04. The van der Waals surface area contributed by atoms with E-state index in [0.29, 0.717) is 11.3 Å². The van der Waals surface area contributed by atoms with Gasteiger partial charge in [0.15, 0.2) is 0 Å². The summed E-state index contributed by atoms with van der Waals surface area (Å²) in [5.74, 6) is -2.03. The summed E-state index contributed by atoms with van der Waals surface area (Å²) in [5.41, 5.74) is 1.08. The van der Waals surface area contributed by atoms with E-state index in [2.05, 4.69) is 15.4 Å². The molecule has 82 valence electrons. The monoisotopic (exact) mass is 222 g/mol. The lowest BCUT2D eigenvalue weighted by Gasteiger charge is -2.02. The van der Waals surface area contributed by atoms with E-state index < -0.39 is 11.8 Å². The van der Waals surface area contributed by atoms with Gasteiger partial charge in [-0.05, 0) is 35.9 Å². The molecule has 0 aliphatic carbocycles. The molecule has 16 heavy (non-hydrogen) atoms. The van der Waals surface area contributed by atoms with Gasteiger partial charge >= 0.3 is 5.97 Å². The Balaban J connectivity index is 2.46. The molecule has 6 nitrogen and oxygen atoms in total. The molecule has 2 rings (SSSR count). The first-order chi connectivity index (χ1) is 7.58. The molecule has 1 aromatic heterocycles. The third kappa shape index (κ3) is 1.74. The molecule has 1 heterocycles. The topological polar surface area (TPSA) is 80.9 Å². The van der Waals surface area contributed by atoms with Crippen LogP contribution in [0.4, 0.5) is 4.39 Å². The van der Waals surface area contributed by atoms with Gasteiger partial charge in [0.25, 0.3) is 5.82 Å². The maximum absolute atomic E-state index is 12.8. The number of aryl methyl sites for hydroxylation is 1. The quantitative estimate of drug-likeness (QED) is 0.813. The summed E-state index contributed by atoms with van der Waals surface area (Å²) in [7, 11) is 0. The third-order valence-corrected chi connectivity index (χ3v) is 1.98. The molecule has 0 spiro atoms. The van der Waals surface area contributed by atoms with Crippen LogP contribution in [0.2, 0.25) is 0 Å². The number of tetrazole rings is 1. The molecule has 2 aromatic rings. The summed E-state index contributed by atoms with van der Waals surface area (Å²) in [6, 6.07) is 4.00. The van der Waals surface area contributed by atoms with Crippen molar-refractivity contribution >= 4 is 5.97 Å². The third-order valence-electron chi connectivity index (χ3n) is 1.98. The van der Waals surface area contributed by atoms with Gasteiger partial charge < -0.3 is 5.11 Å². The summed E-state index contributed by atoms with van der Waals surface area (Å²) in [5, 5.41) is 19.2. The van der Waals surface area contributed by atoms with Crippen molar-refractivity contribution < 1.29 is 14.3 Å². The Morgan fingerprint density at radius 3 is 2.81 bits per heavy atom. The molecule has 0 atom stereocenters. The predicted molar refractivity (Wildman–Crippen MR) is 50.8 cm³/mol. The zero-order valence-corrected chi connectivity index (χ0v) is 8.25. The molecule has 0 bridgehead atoms. The van der Waals surface area contributed by atoms with E-state index in [0.717, 1.165) is 4.80 Å². The zero-order valence-electron chi connectivity index (χ0n) is 8.25. The van der Waals surface area contributed by atoms with Crippen LogP contribution < -0.4 is 0 Å². The molecule has 1 aromatic carbocycles. The Hall–Kier alpha value is -2.31. The number of carbonyl (C=O) groups is 1. The van der Waals surface area contributed by atoms with Crippen molar-refractivity contribution in [2.75, 3.05) is 0 Å². The van der Waals surface area contributed by atoms with Crippen molar-refractivity contribution in [1.29, 1.82) is 0 Å². The van der Waals surface area contributed by atoms with Crippen molar-refractivity contribution in [1.82, 2.24) is 20.2 Å². The van der Waals surface area contributed by atoms with Crippen LogP contribution in [0.5, 0.6) is 0 Å². The number of carboxylic acids is 1. The van der Waals surface area contributed by atoms with E-state index in [4.69, 9.17) is 5.11 Å². The van der Waals surface area contributed by atoms with Gasteiger partial charge in [-0.25, -0.2) is 9.18 Å². The normalized spacial score (nSPS) is 10.4. The Morgan fingerprint density at radius 1 is 1.50 bits per heavy atom. The molecular formula is C9H7FN4O2. The number of carboxylic acid groups (broad SMARTS) is 1. The number of aromatic nitrogens is 4. The maximum atomic E-state index is 12.8. The number of benzene rings is 1. The molecule has 0 radical (unpaired) electrons. The van der Waals surface area contributed by atoms with Gasteiger partial charge in [0.2, 0.25) is 0 Å². The van der Waals surface area contributed by atoms with Crippen LogP contribution >= 0.6 is 0 Å². The Labute approximate surface area is 89.3 Å². The first-order valence-corrected chi connectivity index (χ1v) is 4.38. The number of aromatic carboxylic acids is 1. The lowest BCUT2D eigenvalue weighted by molar-refractivity contribution is 0.0683. The molecule has 0 aliphatic heterocycles. The highest BCUT2D eigenvalue weighted by Gasteiger charge is 2.12. The van der Waals surface area contributed by atoms with Gasteiger partial charge in [-0.3, -0.25) is 0 Å². The number of rotatable bonds is 2. The largest absolute Gasteiger partial charge is 0.475 e. The molecular weight excluding hydrogens is 215 g/mol. The van der Waals surface area contributed by atoms with Gasteiger partial charge in [-0.15, -0.1) is 15.0 Å². The molecule has 0 amide bonds. The van der Waals surface area contributed by atoms with Crippen LogP contribution in [-0.4, -0.2) is 31.3 Å². The fourth-order valence-electron chi connectivity index (χ4n) is 1.25. The fourth-order valence-corrected chi connectivity index (χ4v) is 1.25. The first kappa shape index (κ1) is 10.2. The van der Waals surface area contributed by atoms with Gasteiger partial charge in [-0.1, -0.05) is 0 Å². The fraction of sp³-hybridized carbons (Fsp3) is 0.111. The predicted octanol–water partition coefficient (Wildman–Crippen LogP) is 0.808. The van der Waals surface area contributed by atoms with Gasteiger partial charge in [0, 0.05) is 0 Å². The summed E-state index contributed by atoms with van der Waals surface area (Å²) in [6.07, 6.45) is 0. The summed E-state index contributed by atoms with van der Waals surface area (Å²) in [4.78, 5) is 11.6. The van der Waals surface area contributed by atoms with Crippen molar-refractivity contribution in [3.63, 3.8) is 0 Å². The van der Waals surface area contributed by atoms with E-state index in [1.807, 2.05) is 0 Å². The van der Waals surface area contributed by atoms with Crippen molar-refractivity contribution in [3.8, 4) is 5.69 Å². The van der Waals surface area contributed by atoms with Crippen molar-refractivity contribution in [3.05, 3.63) is 35.4 Å². The summed E-state index contributed by atoms with van der Waals surface area (Å²) in [6.45, 7) is 1.67. The van der Waals surface area contributed by atoms with E-state index in [-0.39, 0.29) is 5.82 Å². The molecule has 0 unspecified atom stereocenters. The van der Waals surface area contributed by atoms with Gasteiger partial charge in [0.1, 0.15) is 5.82 Å². The van der Waals surface area contributed by atoms with E-state index in [1.165, 1.54) is 18.2 Å². The minimum absolute atomic E-state index is 0.375. The Morgan fingerprint density at radius 2 is 2.25 bits per heavy atom. The highest BCUT2D eigenvalue weighted by atomic mass is 19.1. The zero-order chi connectivity index (χ0) is 11.7. The first-order valence-electron chi connectivity index (χ1n) is 4.38. The second-order valence-corrected chi connectivity index (χ2v) is 3.14. The minimum Gasteiger partial charge on any atom is -0.475 e. The van der Waals surface area contributed by atoms with Crippen LogP contribution in [0.3, 0.4) is 0 Å². The number of nitrogens with zero attached hydrogens (tertiary/aromatic N) is 4. The Bertz CT molecular complexity index is 552. The van der Waals surface area contributed by atoms with E-state index >= 15 is 0 Å². The smallest absolute Gasteiger partial charge is 0.377 e. The van der Waals surface area contributed by atoms with Crippen LogP contribution in [0.25, 0.3) is 5.69 Å². The SMILES string of the molecule is Cc1cc(F)ccc1-n1nnc(C(=O)O)n1. The lowest BCUT2D eigenvalue weighted by atomic mass is 10.2. The average Bonchev–Trinajstić information content (AvgIpc) is 2.66. The number of hydrogen-bond acceptors (Lipinski definition) is 4. The van der Waals surface area contributed by atoms with Crippen molar-refractivity contribution in [2.24, 2.45) is 0 Å². The van der Waals surface area contributed by atoms with Crippen LogP contribution in [0.15, 0.2) is 18.2 Å². The van der Waals surface area contributed by atoms with E-state index in [1.54, 1.807) is 6.92 Å². The van der Waals surface area contributed by atoms with Crippen LogP contribution in [-0.2, 0) is 0 Å². The summed E-state index contributed by atoms with van der Waals surface area (Å²) < 4.78 is 12.8. The molecule has 0 saturated heterocycles. The molecule has 1 N–H and O–H groups in total. The van der Waals surface area contributed by atoms with Crippen LogP contribution in [0.1, 0.15) is 16.2 Å².